The van der Waals surface area contributed by atoms with Gasteiger partial charge in [-0.15, -0.1) is 0 Å². The van der Waals surface area contributed by atoms with E-state index in [9.17, 15) is 9.59 Å². The van der Waals surface area contributed by atoms with Gasteiger partial charge in [-0.3, -0.25) is 9.69 Å². The van der Waals surface area contributed by atoms with Gasteiger partial charge in [0.2, 0.25) is 0 Å². The van der Waals surface area contributed by atoms with E-state index in [0.717, 1.165) is 24.2 Å². The summed E-state index contributed by atoms with van der Waals surface area (Å²) < 4.78 is 0. The fourth-order valence-electron chi connectivity index (χ4n) is 3.23. The van der Waals surface area contributed by atoms with Crippen molar-refractivity contribution >= 4 is 11.8 Å². The maximum Gasteiger partial charge on any atom is 0.317 e. The predicted octanol–water partition coefficient (Wildman–Crippen LogP) is 1.20. The summed E-state index contributed by atoms with van der Waals surface area (Å²) in [7, 11) is 0. The Labute approximate surface area is 124 Å². The number of nitrogens with one attached hydrogen (secondary N) is 1. The standard InChI is InChI=1S/C16H21N3O2/c1-11-3-4-14(12(2)7-11)15(20)10-18-5-6-19-13(9-18)8-17-16(19)21/h3-4,7,13H,5-6,8-10H2,1-2H3,(H,17,21). The molecule has 0 radical (unpaired) electrons. The molecule has 21 heavy (non-hydrogen) atoms. The molecule has 5 nitrogen and oxygen atoms in total. The number of benzene rings is 1. The van der Waals surface area contributed by atoms with Crippen molar-refractivity contribution < 1.29 is 9.59 Å². The van der Waals surface area contributed by atoms with Crippen molar-refractivity contribution in [3.05, 3.63) is 34.9 Å². The van der Waals surface area contributed by atoms with E-state index in [2.05, 4.69) is 10.2 Å². The van der Waals surface area contributed by atoms with Gasteiger partial charge in [-0.05, 0) is 19.4 Å². The van der Waals surface area contributed by atoms with Crippen LogP contribution >= 0.6 is 0 Å². The molecular formula is C16H21N3O2. The van der Waals surface area contributed by atoms with Gasteiger partial charge in [0, 0.05) is 31.7 Å². The lowest BCUT2D eigenvalue weighted by atomic mass is 10.0. The Morgan fingerprint density at radius 1 is 1.33 bits per heavy atom. The molecule has 2 saturated heterocycles. The molecule has 1 unspecified atom stereocenters. The zero-order valence-electron chi connectivity index (χ0n) is 12.6. The molecule has 0 aliphatic carbocycles. The van der Waals surface area contributed by atoms with Crippen LogP contribution in [0.4, 0.5) is 4.79 Å². The monoisotopic (exact) mass is 287 g/mol. The number of ketones is 1. The van der Waals surface area contributed by atoms with Gasteiger partial charge in [-0.1, -0.05) is 23.8 Å². The molecule has 1 atom stereocenters. The third kappa shape index (κ3) is 2.78. The van der Waals surface area contributed by atoms with Crippen LogP contribution in [0, 0.1) is 13.8 Å². The molecule has 0 aromatic heterocycles. The van der Waals surface area contributed by atoms with Crippen LogP contribution in [0.1, 0.15) is 21.5 Å². The summed E-state index contributed by atoms with van der Waals surface area (Å²) in [4.78, 5) is 28.1. The summed E-state index contributed by atoms with van der Waals surface area (Å²) >= 11 is 0. The minimum absolute atomic E-state index is 0.0281. The van der Waals surface area contributed by atoms with Gasteiger partial charge in [0.15, 0.2) is 5.78 Å². The number of fused-ring (bicyclic) bond motifs is 1. The maximum atomic E-state index is 12.5. The van der Waals surface area contributed by atoms with Crippen LogP contribution in [-0.4, -0.2) is 60.4 Å². The average molecular weight is 287 g/mol. The minimum Gasteiger partial charge on any atom is -0.336 e. The Balaban J connectivity index is 1.64. The molecular weight excluding hydrogens is 266 g/mol. The largest absolute Gasteiger partial charge is 0.336 e. The second-order valence-electron chi connectivity index (χ2n) is 6.01. The number of aryl methyl sites for hydroxylation is 2. The van der Waals surface area contributed by atoms with E-state index in [0.29, 0.717) is 19.6 Å². The van der Waals surface area contributed by atoms with Gasteiger partial charge < -0.3 is 10.2 Å². The van der Waals surface area contributed by atoms with E-state index in [4.69, 9.17) is 0 Å². The Morgan fingerprint density at radius 2 is 2.14 bits per heavy atom. The first-order valence-corrected chi connectivity index (χ1v) is 7.42. The molecule has 2 aliphatic rings. The normalized spacial score (nSPS) is 22.1. The van der Waals surface area contributed by atoms with Crippen molar-refractivity contribution in [3.8, 4) is 0 Å². The van der Waals surface area contributed by atoms with Crippen LogP contribution in [-0.2, 0) is 0 Å². The van der Waals surface area contributed by atoms with Gasteiger partial charge in [0.1, 0.15) is 0 Å². The van der Waals surface area contributed by atoms with E-state index >= 15 is 0 Å². The first-order valence-electron chi connectivity index (χ1n) is 7.42. The summed E-state index contributed by atoms with van der Waals surface area (Å²) in [6.07, 6.45) is 0. The number of hydrogen-bond acceptors (Lipinski definition) is 3. The molecule has 2 amide bonds. The van der Waals surface area contributed by atoms with Crippen LogP contribution < -0.4 is 5.32 Å². The van der Waals surface area contributed by atoms with E-state index in [1.165, 1.54) is 5.56 Å². The number of carbonyl (C=O) groups excluding carboxylic acids is 2. The van der Waals surface area contributed by atoms with Gasteiger partial charge in [0.05, 0.1) is 12.6 Å². The zero-order chi connectivity index (χ0) is 15.0. The molecule has 3 rings (SSSR count). The molecule has 2 heterocycles. The highest BCUT2D eigenvalue weighted by atomic mass is 16.2. The van der Waals surface area contributed by atoms with Gasteiger partial charge in [0.25, 0.3) is 0 Å². The average Bonchev–Trinajstić information content (AvgIpc) is 2.80. The molecule has 0 bridgehead atoms. The van der Waals surface area contributed by atoms with Crippen molar-refractivity contribution in [1.82, 2.24) is 15.1 Å². The number of hydrogen-bond donors (Lipinski definition) is 1. The molecule has 0 saturated carbocycles. The topological polar surface area (TPSA) is 52.7 Å². The number of nitrogens with zero attached hydrogens (tertiary/aromatic N) is 2. The molecule has 112 valence electrons. The Morgan fingerprint density at radius 3 is 2.90 bits per heavy atom. The molecule has 1 N–H and O–H groups in total. The Bertz CT molecular complexity index is 585. The molecule has 2 fully saturated rings. The molecule has 5 heteroatoms. The fourth-order valence-corrected chi connectivity index (χ4v) is 3.23. The number of carbonyl (C=O) groups is 2. The number of urea groups is 1. The van der Waals surface area contributed by atoms with Crippen LogP contribution in [0.25, 0.3) is 0 Å². The summed E-state index contributed by atoms with van der Waals surface area (Å²) in [5.41, 5.74) is 3.02. The van der Waals surface area contributed by atoms with Gasteiger partial charge in [-0.2, -0.15) is 0 Å². The van der Waals surface area contributed by atoms with E-state index < -0.39 is 0 Å². The lowest BCUT2D eigenvalue weighted by molar-refractivity contribution is 0.0837. The van der Waals surface area contributed by atoms with Crippen molar-refractivity contribution in [2.75, 3.05) is 32.7 Å². The quantitative estimate of drug-likeness (QED) is 0.850. The second-order valence-corrected chi connectivity index (χ2v) is 6.01. The first kappa shape index (κ1) is 14.1. The van der Waals surface area contributed by atoms with E-state index in [1.807, 2.05) is 36.9 Å². The first-order chi connectivity index (χ1) is 10.0. The second kappa shape index (κ2) is 5.48. The SMILES string of the molecule is Cc1ccc(C(=O)CN2CCN3C(=O)NCC3C2)c(C)c1. The fraction of sp³-hybridized carbons (Fsp3) is 0.500. The zero-order valence-corrected chi connectivity index (χ0v) is 12.6. The van der Waals surface area contributed by atoms with Crippen LogP contribution in [0.15, 0.2) is 18.2 Å². The molecule has 0 spiro atoms. The van der Waals surface area contributed by atoms with Crippen molar-refractivity contribution in [2.45, 2.75) is 19.9 Å². The Kier molecular flexibility index (Phi) is 3.68. The lowest BCUT2D eigenvalue weighted by Crippen LogP contribution is -2.53. The summed E-state index contributed by atoms with van der Waals surface area (Å²) in [5, 5.41) is 2.86. The number of amides is 2. The van der Waals surface area contributed by atoms with Gasteiger partial charge >= 0.3 is 6.03 Å². The predicted molar refractivity (Wildman–Crippen MR) is 80.6 cm³/mol. The molecule has 1 aromatic rings. The third-order valence-corrected chi connectivity index (χ3v) is 4.37. The van der Waals surface area contributed by atoms with Crippen molar-refractivity contribution in [3.63, 3.8) is 0 Å². The highest BCUT2D eigenvalue weighted by molar-refractivity contribution is 5.99. The van der Waals surface area contributed by atoms with E-state index in [1.54, 1.807) is 0 Å². The number of rotatable bonds is 3. The summed E-state index contributed by atoms with van der Waals surface area (Å²) in [5.74, 6) is 0.165. The Hall–Kier alpha value is -1.88. The summed E-state index contributed by atoms with van der Waals surface area (Å²) in [6.45, 7) is 7.38. The number of piperazine rings is 1. The van der Waals surface area contributed by atoms with Gasteiger partial charge in [-0.25, -0.2) is 4.79 Å². The van der Waals surface area contributed by atoms with Crippen molar-refractivity contribution in [1.29, 1.82) is 0 Å². The van der Waals surface area contributed by atoms with Crippen LogP contribution in [0.5, 0.6) is 0 Å². The maximum absolute atomic E-state index is 12.5. The number of Topliss-reactive ketones (excluding diaryl/α,β-unsaturated/α-hetero) is 1. The minimum atomic E-state index is 0.0281. The lowest BCUT2D eigenvalue weighted by Gasteiger charge is -2.36. The van der Waals surface area contributed by atoms with Crippen LogP contribution in [0.3, 0.4) is 0 Å². The molecule has 1 aromatic carbocycles. The molecule has 2 aliphatic heterocycles. The summed E-state index contributed by atoms with van der Waals surface area (Å²) in [6, 6.07) is 6.19. The van der Waals surface area contributed by atoms with E-state index in [-0.39, 0.29) is 17.9 Å². The van der Waals surface area contributed by atoms with Crippen molar-refractivity contribution in [2.24, 2.45) is 0 Å². The highest BCUT2D eigenvalue weighted by Gasteiger charge is 2.35. The van der Waals surface area contributed by atoms with Crippen LogP contribution in [0.2, 0.25) is 0 Å². The third-order valence-electron chi connectivity index (χ3n) is 4.37. The smallest absolute Gasteiger partial charge is 0.317 e. The highest BCUT2D eigenvalue weighted by Crippen LogP contribution is 2.16.